The van der Waals surface area contributed by atoms with Gasteiger partial charge in [0.05, 0.1) is 0 Å². The number of aromatic amines is 1. The van der Waals surface area contributed by atoms with Gasteiger partial charge in [0.15, 0.2) is 0 Å². The Labute approximate surface area is 104 Å². The second kappa shape index (κ2) is 5.72. The molecule has 0 spiro atoms. The zero-order valence-electron chi connectivity index (χ0n) is 10.8. The van der Waals surface area contributed by atoms with Gasteiger partial charge in [-0.25, -0.2) is 4.98 Å². The fraction of sp³-hybridized carbons (Fsp3) is 0.769. The van der Waals surface area contributed by atoms with Crippen molar-refractivity contribution in [3.05, 3.63) is 18.2 Å². The highest BCUT2D eigenvalue weighted by Crippen LogP contribution is 2.28. The van der Waals surface area contributed by atoms with E-state index in [0.29, 0.717) is 11.3 Å². The summed E-state index contributed by atoms with van der Waals surface area (Å²) >= 11 is 6.34. The molecule has 0 radical (unpaired) electrons. The number of hydrogen-bond acceptors (Lipinski definition) is 1. The molecule has 1 heterocycles. The number of hydrogen-bond donors (Lipinski definition) is 1. The number of nitrogens with one attached hydrogen (secondary N) is 1. The molecule has 2 atom stereocenters. The van der Waals surface area contributed by atoms with Crippen molar-refractivity contribution in [3.63, 3.8) is 0 Å². The fourth-order valence-corrected chi connectivity index (χ4v) is 2.72. The predicted octanol–water partition coefficient (Wildman–Crippen LogP) is 4.02. The smallest absolute Gasteiger partial charge is 0.107 e. The Morgan fingerprint density at radius 1 is 1.44 bits per heavy atom. The summed E-state index contributed by atoms with van der Waals surface area (Å²) in [6.45, 7) is 9.11. The zero-order chi connectivity index (χ0) is 12.2. The van der Waals surface area contributed by atoms with E-state index in [0.717, 1.165) is 18.7 Å². The van der Waals surface area contributed by atoms with Gasteiger partial charge in [0.1, 0.15) is 5.82 Å². The summed E-state index contributed by atoms with van der Waals surface area (Å²) in [7, 11) is 0. The van der Waals surface area contributed by atoms with Crippen LogP contribution in [0.4, 0.5) is 0 Å². The lowest BCUT2D eigenvalue weighted by Crippen LogP contribution is -2.16. The molecule has 0 saturated heterocycles. The summed E-state index contributed by atoms with van der Waals surface area (Å²) < 4.78 is 0. The van der Waals surface area contributed by atoms with Gasteiger partial charge >= 0.3 is 0 Å². The minimum atomic E-state index is 0.184. The number of alkyl halides is 1. The van der Waals surface area contributed by atoms with Crippen molar-refractivity contribution in [1.29, 1.82) is 0 Å². The normalized spacial score (nSPS) is 16.1. The van der Waals surface area contributed by atoms with E-state index >= 15 is 0 Å². The van der Waals surface area contributed by atoms with Crippen LogP contribution in [0.5, 0.6) is 0 Å². The summed E-state index contributed by atoms with van der Waals surface area (Å²) in [6, 6.07) is 0. The highest BCUT2D eigenvalue weighted by Gasteiger charge is 2.18. The first-order valence-electron chi connectivity index (χ1n) is 5.99. The van der Waals surface area contributed by atoms with Gasteiger partial charge in [-0.1, -0.05) is 27.7 Å². The standard InChI is InChI=1S/C13H23ClN2/c1-10(9-13(2,3)4)7-11(14)8-12-15-5-6-16-12/h5-6,10-11H,7-9H2,1-4H3,(H,15,16). The number of H-pyrrole nitrogens is 1. The van der Waals surface area contributed by atoms with Crippen molar-refractivity contribution in [2.75, 3.05) is 0 Å². The van der Waals surface area contributed by atoms with E-state index in [9.17, 15) is 0 Å². The largest absolute Gasteiger partial charge is 0.349 e. The van der Waals surface area contributed by atoms with Crippen LogP contribution in [-0.4, -0.2) is 15.3 Å². The van der Waals surface area contributed by atoms with E-state index in [1.165, 1.54) is 6.42 Å². The third-order valence-electron chi connectivity index (χ3n) is 2.59. The molecule has 0 aliphatic rings. The molecule has 1 aromatic rings. The average molecular weight is 243 g/mol. The maximum Gasteiger partial charge on any atom is 0.107 e. The molecule has 0 amide bonds. The molecule has 0 fully saturated rings. The molecular formula is C13H23ClN2. The van der Waals surface area contributed by atoms with E-state index in [1.807, 2.05) is 6.20 Å². The Balaban J connectivity index is 2.31. The van der Waals surface area contributed by atoms with Crippen LogP contribution in [0, 0.1) is 11.3 Å². The fourth-order valence-electron chi connectivity index (χ4n) is 2.27. The SMILES string of the molecule is CC(CC(Cl)Cc1ncc[nH]1)CC(C)(C)C. The number of aromatic nitrogens is 2. The summed E-state index contributed by atoms with van der Waals surface area (Å²) in [6.07, 6.45) is 6.73. The van der Waals surface area contributed by atoms with Crippen molar-refractivity contribution < 1.29 is 0 Å². The van der Waals surface area contributed by atoms with Crippen molar-refractivity contribution in [2.45, 2.75) is 52.3 Å². The Kier molecular flexibility index (Phi) is 4.85. The highest BCUT2D eigenvalue weighted by atomic mass is 35.5. The van der Waals surface area contributed by atoms with Crippen molar-refractivity contribution in [1.82, 2.24) is 9.97 Å². The summed E-state index contributed by atoms with van der Waals surface area (Å²) in [5.41, 5.74) is 0.390. The number of imidazole rings is 1. The van der Waals surface area contributed by atoms with E-state index in [4.69, 9.17) is 11.6 Å². The highest BCUT2D eigenvalue weighted by molar-refractivity contribution is 6.20. The molecule has 0 aliphatic heterocycles. The summed E-state index contributed by atoms with van der Waals surface area (Å²) in [4.78, 5) is 7.29. The lowest BCUT2D eigenvalue weighted by atomic mass is 9.83. The molecule has 1 N–H and O–H groups in total. The van der Waals surface area contributed by atoms with Crippen LogP contribution in [-0.2, 0) is 6.42 Å². The van der Waals surface area contributed by atoms with Gasteiger partial charge in [0.25, 0.3) is 0 Å². The Morgan fingerprint density at radius 2 is 2.12 bits per heavy atom. The monoisotopic (exact) mass is 242 g/mol. The first-order valence-corrected chi connectivity index (χ1v) is 6.43. The molecule has 1 rings (SSSR count). The molecule has 2 unspecified atom stereocenters. The zero-order valence-corrected chi connectivity index (χ0v) is 11.5. The Morgan fingerprint density at radius 3 is 2.62 bits per heavy atom. The van der Waals surface area contributed by atoms with Crippen molar-refractivity contribution >= 4 is 11.6 Å². The maximum absolute atomic E-state index is 6.34. The second-order valence-corrected chi connectivity index (χ2v) is 6.56. The minimum absolute atomic E-state index is 0.184. The van der Waals surface area contributed by atoms with Gasteiger partial charge < -0.3 is 4.98 Å². The van der Waals surface area contributed by atoms with Gasteiger partial charge in [-0.2, -0.15) is 0 Å². The Hall–Kier alpha value is -0.500. The van der Waals surface area contributed by atoms with Gasteiger partial charge in [0.2, 0.25) is 0 Å². The molecule has 0 aromatic carbocycles. The van der Waals surface area contributed by atoms with Gasteiger partial charge in [-0.3, -0.25) is 0 Å². The van der Waals surface area contributed by atoms with Gasteiger partial charge in [-0.05, 0) is 24.2 Å². The number of rotatable bonds is 5. The third kappa shape index (κ3) is 5.55. The Bertz CT molecular complexity index is 287. The third-order valence-corrected chi connectivity index (χ3v) is 2.92. The van der Waals surface area contributed by atoms with Gasteiger partial charge in [-0.15, -0.1) is 11.6 Å². The first kappa shape index (κ1) is 13.6. The van der Waals surface area contributed by atoms with Crippen LogP contribution in [0.2, 0.25) is 0 Å². The molecule has 92 valence electrons. The lowest BCUT2D eigenvalue weighted by molar-refractivity contribution is 0.294. The van der Waals surface area contributed by atoms with Crippen LogP contribution < -0.4 is 0 Å². The van der Waals surface area contributed by atoms with E-state index in [-0.39, 0.29) is 5.38 Å². The predicted molar refractivity (Wildman–Crippen MR) is 69.8 cm³/mol. The molecule has 1 aromatic heterocycles. The maximum atomic E-state index is 6.34. The van der Waals surface area contributed by atoms with Crippen LogP contribution in [0.15, 0.2) is 12.4 Å². The molecule has 0 bridgehead atoms. The molecule has 0 saturated carbocycles. The summed E-state index contributed by atoms with van der Waals surface area (Å²) in [5.74, 6) is 1.65. The number of halogens is 1. The molecule has 2 nitrogen and oxygen atoms in total. The van der Waals surface area contributed by atoms with E-state index in [2.05, 4.69) is 37.7 Å². The van der Waals surface area contributed by atoms with Crippen LogP contribution in [0.1, 0.15) is 46.4 Å². The second-order valence-electron chi connectivity index (χ2n) is 5.94. The topological polar surface area (TPSA) is 28.7 Å². The summed E-state index contributed by atoms with van der Waals surface area (Å²) in [5, 5.41) is 0.184. The van der Waals surface area contributed by atoms with E-state index < -0.39 is 0 Å². The molecule has 16 heavy (non-hydrogen) atoms. The van der Waals surface area contributed by atoms with Crippen molar-refractivity contribution in [2.24, 2.45) is 11.3 Å². The first-order chi connectivity index (χ1) is 7.37. The molecule has 0 aliphatic carbocycles. The van der Waals surface area contributed by atoms with E-state index in [1.54, 1.807) is 6.20 Å². The van der Waals surface area contributed by atoms with Crippen LogP contribution in [0.3, 0.4) is 0 Å². The average Bonchev–Trinajstić information content (AvgIpc) is 2.51. The number of nitrogens with zero attached hydrogens (tertiary/aromatic N) is 1. The van der Waals surface area contributed by atoms with Crippen LogP contribution >= 0.6 is 11.6 Å². The van der Waals surface area contributed by atoms with Crippen molar-refractivity contribution in [3.8, 4) is 0 Å². The molecule has 3 heteroatoms. The van der Waals surface area contributed by atoms with Gasteiger partial charge in [0, 0.05) is 24.2 Å². The van der Waals surface area contributed by atoms with Crippen LogP contribution in [0.25, 0.3) is 0 Å². The quantitative estimate of drug-likeness (QED) is 0.777. The molecular weight excluding hydrogens is 220 g/mol. The lowest BCUT2D eigenvalue weighted by Gasteiger charge is -2.24. The minimum Gasteiger partial charge on any atom is -0.349 e.